The summed E-state index contributed by atoms with van der Waals surface area (Å²) in [6.07, 6.45) is 4.21. The van der Waals surface area contributed by atoms with E-state index in [0.29, 0.717) is 6.42 Å². The van der Waals surface area contributed by atoms with Gasteiger partial charge < -0.3 is 15.4 Å². The van der Waals surface area contributed by atoms with E-state index in [1.54, 1.807) is 32.9 Å². The summed E-state index contributed by atoms with van der Waals surface area (Å²) in [5.74, 6) is 0.231. The summed E-state index contributed by atoms with van der Waals surface area (Å²) >= 11 is 2.40. The van der Waals surface area contributed by atoms with E-state index >= 15 is 0 Å². The lowest BCUT2D eigenvalue weighted by Crippen LogP contribution is -2.48. The first-order valence-corrected chi connectivity index (χ1v) is 13.4. The molecular formula is C18H28FIN2O3S. The van der Waals surface area contributed by atoms with Crippen molar-refractivity contribution in [2.24, 2.45) is 0 Å². The zero-order valence-electron chi connectivity index (χ0n) is 15.9. The summed E-state index contributed by atoms with van der Waals surface area (Å²) in [6, 6.07) is 5.25. The monoisotopic (exact) mass is 498 g/mol. The molecule has 5 nitrogen and oxygen atoms in total. The second kappa shape index (κ2) is 9.77. The summed E-state index contributed by atoms with van der Waals surface area (Å²) in [5, 5.41) is 5.47. The average Bonchev–Trinajstić information content (AvgIpc) is 2.48. The fourth-order valence-electron chi connectivity index (χ4n) is 2.03. The lowest BCUT2D eigenvalue weighted by Gasteiger charge is -2.27. The molecule has 0 aliphatic heterocycles. The molecular weight excluding hydrogens is 470 g/mol. The Labute approximate surface area is 168 Å². The maximum Gasteiger partial charge on any atom is 0.408 e. The van der Waals surface area contributed by atoms with Gasteiger partial charge in [0, 0.05) is 6.54 Å². The number of alkyl carbamates (subject to hydrolysis) is 1. The van der Waals surface area contributed by atoms with Gasteiger partial charge in [-0.05, 0) is 84.4 Å². The van der Waals surface area contributed by atoms with Crippen LogP contribution in [0.1, 0.15) is 32.8 Å². The molecule has 2 N–H and O–H groups in total. The highest BCUT2D eigenvalue weighted by molar-refractivity contribution is 14.2. The second-order valence-corrected chi connectivity index (χ2v) is 17.8. The fourth-order valence-corrected chi connectivity index (χ4v) is 3.59. The lowest BCUT2D eigenvalue weighted by molar-refractivity contribution is -0.123. The molecule has 0 saturated heterocycles. The minimum absolute atomic E-state index is 0.270. The van der Waals surface area contributed by atoms with E-state index in [1.807, 2.05) is 0 Å². The molecule has 0 heterocycles. The number of halogens is 2. The number of nitrogens with one attached hydrogen (secondary N) is 2. The molecule has 0 spiro atoms. The SMILES string of the molecule is CC(C)(C)OC(=O)NC(CCS(C)(C)I)C(=O)NCc1ccc(F)cc1. The van der Waals surface area contributed by atoms with Gasteiger partial charge in [0.1, 0.15) is 17.5 Å². The molecule has 26 heavy (non-hydrogen) atoms. The van der Waals surface area contributed by atoms with Crippen molar-refractivity contribution in [3.8, 4) is 0 Å². The minimum atomic E-state index is -0.839. The van der Waals surface area contributed by atoms with E-state index in [-0.39, 0.29) is 18.3 Å². The van der Waals surface area contributed by atoms with Gasteiger partial charge >= 0.3 is 6.09 Å². The molecule has 1 rings (SSSR count). The predicted octanol–water partition coefficient (Wildman–Crippen LogP) is 4.14. The van der Waals surface area contributed by atoms with Gasteiger partial charge in [0.2, 0.25) is 5.91 Å². The van der Waals surface area contributed by atoms with Crippen LogP contribution in [0, 0.1) is 5.82 Å². The second-order valence-electron chi connectivity index (χ2n) is 7.44. The number of ether oxygens (including phenoxy) is 1. The van der Waals surface area contributed by atoms with Crippen LogP contribution < -0.4 is 10.6 Å². The van der Waals surface area contributed by atoms with Crippen molar-refractivity contribution < 1.29 is 18.7 Å². The largest absolute Gasteiger partial charge is 0.444 e. The summed E-state index contributed by atoms with van der Waals surface area (Å²) in [6.45, 7) is 5.59. The van der Waals surface area contributed by atoms with Crippen LogP contribution in [0.15, 0.2) is 24.3 Å². The number of hydrogen-bond acceptors (Lipinski definition) is 3. The highest BCUT2D eigenvalue weighted by Crippen LogP contribution is 2.49. The Balaban J connectivity index is 2.70. The molecule has 0 aromatic heterocycles. The quantitative estimate of drug-likeness (QED) is 0.556. The normalized spacial score (nSPS) is 13.7. The minimum Gasteiger partial charge on any atom is -0.444 e. The Morgan fingerprint density at radius 1 is 1.23 bits per heavy atom. The fraction of sp³-hybridized carbons (Fsp3) is 0.556. The van der Waals surface area contributed by atoms with E-state index in [4.69, 9.17) is 4.74 Å². The zero-order chi connectivity index (χ0) is 20.0. The van der Waals surface area contributed by atoms with Crippen LogP contribution in [0.5, 0.6) is 0 Å². The van der Waals surface area contributed by atoms with Gasteiger partial charge in [-0.15, -0.1) is 0 Å². The molecule has 1 unspecified atom stereocenters. The highest BCUT2D eigenvalue weighted by Gasteiger charge is 2.25. The van der Waals surface area contributed by atoms with Crippen LogP contribution in [0.2, 0.25) is 0 Å². The molecule has 1 aromatic carbocycles. The van der Waals surface area contributed by atoms with E-state index in [9.17, 15) is 14.0 Å². The first-order valence-electron chi connectivity index (χ1n) is 8.28. The number of carbonyl (C=O) groups excluding carboxylic acids is 2. The Morgan fingerprint density at radius 3 is 2.31 bits per heavy atom. The van der Waals surface area contributed by atoms with Gasteiger partial charge in [-0.3, -0.25) is 4.79 Å². The van der Waals surface area contributed by atoms with Crippen molar-refractivity contribution >= 4 is 40.4 Å². The highest BCUT2D eigenvalue weighted by atomic mass is 127. The van der Waals surface area contributed by atoms with Crippen molar-refractivity contribution in [2.45, 2.75) is 45.4 Å². The third kappa shape index (κ3) is 10.2. The molecule has 1 atom stereocenters. The molecule has 0 radical (unpaired) electrons. The van der Waals surface area contributed by atoms with Gasteiger partial charge in [-0.25, -0.2) is 9.18 Å². The summed E-state index contributed by atoms with van der Waals surface area (Å²) in [7, 11) is -0.839. The Bertz CT molecular complexity index is 612. The molecule has 148 valence electrons. The van der Waals surface area contributed by atoms with Gasteiger partial charge in [0.15, 0.2) is 0 Å². The number of amides is 2. The molecule has 0 aliphatic carbocycles. The number of hydrogen-bond donors (Lipinski definition) is 2. The molecule has 1 aromatic rings. The van der Waals surface area contributed by atoms with E-state index < -0.39 is 24.9 Å². The Kier molecular flexibility index (Phi) is 8.65. The third-order valence-electron chi connectivity index (χ3n) is 3.28. The molecule has 8 heteroatoms. The van der Waals surface area contributed by atoms with Gasteiger partial charge in [-0.1, -0.05) is 12.1 Å². The lowest BCUT2D eigenvalue weighted by atomic mass is 10.2. The maximum absolute atomic E-state index is 13.0. The summed E-state index contributed by atoms with van der Waals surface area (Å²) < 4.78 is 18.2. The van der Waals surface area contributed by atoms with Crippen LogP contribution >= 0.6 is 28.4 Å². The average molecular weight is 498 g/mol. The van der Waals surface area contributed by atoms with Gasteiger partial charge in [0.25, 0.3) is 0 Å². The van der Waals surface area contributed by atoms with E-state index in [1.165, 1.54) is 12.1 Å². The predicted molar refractivity (Wildman–Crippen MR) is 114 cm³/mol. The van der Waals surface area contributed by atoms with Crippen molar-refractivity contribution in [3.63, 3.8) is 0 Å². The smallest absolute Gasteiger partial charge is 0.408 e. The van der Waals surface area contributed by atoms with Crippen molar-refractivity contribution in [1.29, 1.82) is 0 Å². The first-order chi connectivity index (χ1) is 11.9. The number of rotatable bonds is 7. The van der Waals surface area contributed by atoms with Crippen molar-refractivity contribution in [3.05, 3.63) is 35.6 Å². The van der Waals surface area contributed by atoms with Crippen LogP contribution in [0.25, 0.3) is 0 Å². The van der Waals surface area contributed by atoms with Gasteiger partial charge in [0.05, 0.1) is 0 Å². The van der Waals surface area contributed by atoms with Gasteiger partial charge in [-0.2, -0.15) is 7.20 Å². The van der Waals surface area contributed by atoms with Crippen LogP contribution in [0.4, 0.5) is 9.18 Å². The molecule has 0 saturated carbocycles. The molecule has 0 bridgehead atoms. The molecule has 2 amide bonds. The standard InChI is InChI=1S/C18H28FIN2O3S/c1-18(2,3)25-17(24)22-15(10-11-26(4,5)20)16(23)21-12-13-6-8-14(19)9-7-13/h6-9,15H,10-12H2,1-5H3,(H,21,23)(H,22,24). The van der Waals surface area contributed by atoms with Crippen LogP contribution in [0.3, 0.4) is 0 Å². The van der Waals surface area contributed by atoms with E-state index in [2.05, 4.69) is 44.4 Å². The molecule has 0 aliphatic rings. The molecule has 0 fully saturated rings. The zero-order valence-corrected chi connectivity index (χ0v) is 18.9. The summed E-state index contributed by atoms with van der Waals surface area (Å²) in [4.78, 5) is 24.6. The number of carbonyl (C=O) groups is 2. The van der Waals surface area contributed by atoms with Crippen LogP contribution in [-0.2, 0) is 16.1 Å². The van der Waals surface area contributed by atoms with Crippen LogP contribution in [-0.4, -0.2) is 41.9 Å². The first kappa shape index (κ1) is 23.0. The topological polar surface area (TPSA) is 67.4 Å². The Hall–Kier alpha value is -1.03. The number of benzene rings is 1. The van der Waals surface area contributed by atoms with E-state index in [0.717, 1.165) is 11.3 Å². The Morgan fingerprint density at radius 2 is 1.81 bits per heavy atom. The summed E-state index contributed by atoms with van der Waals surface area (Å²) in [5.41, 5.74) is 0.156. The third-order valence-corrected chi connectivity index (χ3v) is 5.81. The maximum atomic E-state index is 13.0. The van der Waals surface area contributed by atoms with Crippen molar-refractivity contribution in [1.82, 2.24) is 10.6 Å². The van der Waals surface area contributed by atoms with Crippen molar-refractivity contribution in [2.75, 3.05) is 18.3 Å².